The number of rotatable bonds is 16. The van der Waals surface area contributed by atoms with Gasteiger partial charge in [-0.05, 0) is 69.1 Å². The predicted octanol–water partition coefficient (Wildman–Crippen LogP) is 9.15. The maximum Gasteiger partial charge on any atom is 0.396 e. The summed E-state index contributed by atoms with van der Waals surface area (Å²) in [6, 6.07) is 0. The fraction of sp³-hybridized carbons (Fsp3) is 0.786. The minimum atomic E-state index is -1.36. The second-order valence-electron chi connectivity index (χ2n) is 10.1. The van der Waals surface area contributed by atoms with Crippen molar-refractivity contribution in [3.63, 3.8) is 0 Å². The third-order valence-electron chi connectivity index (χ3n) is 7.08. The summed E-state index contributed by atoms with van der Waals surface area (Å²) in [6.07, 6.45) is 17.5. The van der Waals surface area contributed by atoms with Crippen LogP contribution in [0.1, 0.15) is 113 Å². The van der Waals surface area contributed by atoms with Crippen molar-refractivity contribution in [3.8, 4) is 11.5 Å². The first-order valence-electron chi connectivity index (χ1n) is 13.2. The molecule has 1 unspecified atom stereocenters. The highest BCUT2D eigenvalue weighted by atomic mass is 31.2. The zero-order chi connectivity index (χ0) is 24.2. The van der Waals surface area contributed by atoms with Crippen LogP contribution in [-0.4, -0.2) is 20.3 Å². The lowest BCUT2D eigenvalue weighted by atomic mass is 9.90. The zero-order valence-electron chi connectivity index (χ0n) is 22.4. The molecule has 0 aliphatic carbocycles. The lowest BCUT2D eigenvalue weighted by molar-refractivity contribution is 0.158. The van der Waals surface area contributed by atoms with E-state index in [1.165, 1.54) is 81.8 Å². The van der Waals surface area contributed by atoms with E-state index in [0.29, 0.717) is 6.10 Å². The van der Waals surface area contributed by atoms with Crippen LogP contribution in [0.4, 0.5) is 0 Å². The third-order valence-corrected chi connectivity index (χ3v) is 8.01. The summed E-state index contributed by atoms with van der Waals surface area (Å²) >= 11 is 0. The van der Waals surface area contributed by atoms with Crippen LogP contribution in [-0.2, 0) is 15.5 Å². The molecule has 0 N–H and O–H groups in total. The van der Waals surface area contributed by atoms with Gasteiger partial charge in [-0.15, -0.1) is 0 Å². The van der Waals surface area contributed by atoms with Crippen LogP contribution < -0.4 is 9.26 Å². The lowest BCUT2D eigenvalue weighted by Crippen LogP contribution is -2.24. The van der Waals surface area contributed by atoms with E-state index in [-0.39, 0.29) is 0 Å². The Morgan fingerprint density at radius 3 is 1.97 bits per heavy atom. The van der Waals surface area contributed by atoms with Gasteiger partial charge < -0.3 is 18.3 Å². The summed E-state index contributed by atoms with van der Waals surface area (Å²) < 4.78 is 23.2. The van der Waals surface area contributed by atoms with Crippen molar-refractivity contribution in [2.75, 3.05) is 14.2 Å². The van der Waals surface area contributed by atoms with Crippen molar-refractivity contribution in [1.29, 1.82) is 0 Å². The average molecular weight is 481 g/mol. The van der Waals surface area contributed by atoms with Crippen LogP contribution in [0.2, 0.25) is 0 Å². The number of unbranched alkanes of at least 4 members (excludes halogenated alkanes) is 8. The molecule has 1 aliphatic heterocycles. The molecule has 5 heteroatoms. The molecule has 33 heavy (non-hydrogen) atoms. The van der Waals surface area contributed by atoms with Crippen molar-refractivity contribution >= 4 is 8.60 Å². The average Bonchev–Trinajstić information content (AvgIpc) is 2.81. The summed E-state index contributed by atoms with van der Waals surface area (Å²) in [4.78, 5) is 0. The van der Waals surface area contributed by atoms with Gasteiger partial charge in [0.15, 0.2) is 0 Å². The maximum absolute atomic E-state index is 6.52. The second-order valence-corrected chi connectivity index (χ2v) is 11.5. The van der Waals surface area contributed by atoms with Gasteiger partial charge in [-0.2, -0.15) is 0 Å². The molecule has 190 valence electrons. The Morgan fingerprint density at radius 2 is 1.39 bits per heavy atom. The van der Waals surface area contributed by atoms with Crippen molar-refractivity contribution in [1.82, 2.24) is 0 Å². The summed E-state index contributed by atoms with van der Waals surface area (Å²) in [5.74, 6) is 2.84. The van der Waals surface area contributed by atoms with Crippen molar-refractivity contribution < 1.29 is 18.3 Å². The smallest absolute Gasteiger partial charge is 0.396 e. The van der Waals surface area contributed by atoms with Gasteiger partial charge in [0.2, 0.25) is 0 Å². The van der Waals surface area contributed by atoms with Gasteiger partial charge in [0.25, 0.3) is 0 Å². The predicted molar refractivity (Wildman–Crippen MR) is 141 cm³/mol. The maximum atomic E-state index is 6.52. The number of benzene rings is 1. The van der Waals surface area contributed by atoms with Crippen LogP contribution >= 0.6 is 8.60 Å². The molecule has 0 aromatic heterocycles. The SMILES string of the molecule is COP(OC)Oc1c(C)c(C)c2c(c1C)CCC(CCCCCCCCCCCC(C)C)O2. The molecule has 4 nitrogen and oxygen atoms in total. The minimum Gasteiger partial charge on any atom is -0.490 e. The topological polar surface area (TPSA) is 36.9 Å². The molecule has 0 fully saturated rings. The number of hydrogen-bond acceptors (Lipinski definition) is 4. The second kappa shape index (κ2) is 15.2. The molecule has 1 heterocycles. The highest BCUT2D eigenvalue weighted by Crippen LogP contribution is 2.47. The van der Waals surface area contributed by atoms with Gasteiger partial charge in [-0.1, -0.05) is 71.6 Å². The lowest BCUT2D eigenvalue weighted by Gasteiger charge is -2.31. The molecule has 0 saturated carbocycles. The standard InChI is InChI=1S/C28H49O4P/c1-21(2)17-15-13-11-9-8-10-12-14-16-18-25-19-20-26-24(5)27(32-33(29-6)30-7)22(3)23(4)28(26)31-25/h21,25H,8-20H2,1-7H3. The molecule has 1 aromatic carbocycles. The Morgan fingerprint density at radius 1 is 0.818 bits per heavy atom. The van der Waals surface area contributed by atoms with E-state index in [9.17, 15) is 0 Å². The van der Waals surface area contributed by atoms with Crippen LogP contribution in [0, 0.1) is 26.7 Å². The number of hydrogen-bond donors (Lipinski definition) is 0. The Kier molecular flexibility index (Phi) is 13.1. The molecule has 0 radical (unpaired) electrons. The Balaban J connectivity index is 1.72. The fourth-order valence-corrected chi connectivity index (χ4v) is 5.59. The first kappa shape index (κ1) is 28.4. The fourth-order valence-electron chi connectivity index (χ4n) is 4.87. The monoisotopic (exact) mass is 480 g/mol. The number of ether oxygens (including phenoxy) is 1. The van der Waals surface area contributed by atoms with E-state index in [2.05, 4.69) is 34.6 Å². The Labute approximate surface area is 205 Å². The molecule has 0 saturated heterocycles. The van der Waals surface area contributed by atoms with E-state index in [4.69, 9.17) is 18.3 Å². The normalized spacial score (nSPS) is 15.7. The van der Waals surface area contributed by atoms with Gasteiger partial charge in [0.1, 0.15) is 11.5 Å². The molecule has 1 atom stereocenters. The van der Waals surface area contributed by atoms with E-state index in [1.54, 1.807) is 14.2 Å². The summed E-state index contributed by atoms with van der Waals surface area (Å²) in [5, 5.41) is 0. The highest BCUT2D eigenvalue weighted by Gasteiger charge is 2.27. The van der Waals surface area contributed by atoms with Crippen molar-refractivity contribution in [2.45, 2.75) is 124 Å². The molecular formula is C28H49O4P. The minimum absolute atomic E-state index is 0.345. The Bertz CT molecular complexity index is 700. The highest BCUT2D eigenvalue weighted by molar-refractivity contribution is 7.42. The largest absolute Gasteiger partial charge is 0.490 e. The molecule has 1 aliphatic rings. The summed E-state index contributed by atoms with van der Waals surface area (Å²) in [6.45, 7) is 11.0. The molecule has 0 spiro atoms. The third kappa shape index (κ3) is 9.04. The molecule has 1 aromatic rings. The van der Waals surface area contributed by atoms with Gasteiger partial charge in [0, 0.05) is 19.8 Å². The van der Waals surface area contributed by atoms with Gasteiger partial charge >= 0.3 is 8.60 Å². The van der Waals surface area contributed by atoms with Crippen LogP contribution in [0.15, 0.2) is 0 Å². The first-order valence-corrected chi connectivity index (χ1v) is 14.3. The van der Waals surface area contributed by atoms with Gasteiger partial charge in [-0.25, -0.2) is 0 Å². The Hall–Kier alpha value is -0.830. The van der Waals surface area contributed by atoms with E-state index in [0.717, 1.165) is 41.4 Å². The molecule has 2 rings (SSSR count). The zero-order valence-corrected chi connectivity index (χ0v) is 23.3. The van der Waals surface area contributed by atoms with Crippen LogP contribution in [0.5, 0.6) is 11.5 Å². The van der Waals surface area contributed by atoms with E-state index >= 15 is 0 Å². The molecular weight excluding hydrogens is 431 g/mol. The van der Waals surface area contributed by atoms with E-state index < -0.39 is 8.60 Å². The quantitative estimate of drug-likeness (QED) is 0.175. The first-order chi connectivity index (χ1) is 15.9. The van der Waals surface area contributed by atoms with Crippen molar-refractivity contribution in [3.05, 3.63) is 22.3 Å². The number of fused-ring (bicyclic) bond motifs is 1. The summed E-state index contributed by atoms with van der Waals surface area (Å²) in [7, 11) is 1.88. The van der Waals surface area contributed by atoms with Gasteiger partial charge in [0.05, 0.1) is 6.10 Å². The summed E-state index contributed by atoms with van der Waals surface area (Å²) in [5.41, 5.74) is 4.76. The van der Waals surface area contributed by atoms with E-state index in [1.807, 2.05) is 0 Å². The van der Waals surface area contributed by atoms with Crippen molar-refractivity contribution in [2.24, 2.45) is 5.92 Å². The van der Waals surface area contributed by atoms with Crippen LogP contribution in [0.25, 0.3) is 0 Å². The van der Waals surface area contributed by atoms with Gasteiger partial charge in [-0.3, -0.25) is 0 Å². The van der Waals surface area contributed by atoms with Crippen LogP contribution in [0.3, 0.4) is 0 Å². The molecule has 0 bridgehead atoms. The molecule has 0 amide bonds.